The summed E-state index contributed by atoms with van der Waals surface area (Å²) in [5, 5.41) is 0. The molecule has 2 aliphatic rings. The van der Waals surface area contributed by atoms with Crippen molar-refractivity contribution in [2.24, 2.45) is 11.3 Å². The minimum absolute atomic E-state index is 0.0264. The quantitative estimate of drug-likeness (QED) is 0.476. The van der Waals surface area contributed by atoms with E-state index in [1.54, 1.807) is 29.7 Å². The van der Waals surface area contributed by atoms with Gasteiger partial charge in [0, 0.05) is 50.0 Å². The van der Waals surface area contributed by atoms with Crippen LogP contribution in [-0.4, -0.2) is 73.3 Å². The summed E-state index contributed by atoms with van der Waals surface area (Å²) < 4.78 is 0. The molecule has 4 heterocycles. The van der Waals surface area contributed by atoms with Gasteiger partial charge in [0.15, 0.2) is 0 Å². The average molecular weight is 490 g/mol. The number of imidazole rings is 2. The van der Waals surface area contributed by atoms with Crippen molar-refractivity contribution in [1.82, 2.24) is 34.6 Å². The first kappa shape index (κ1) is 24.7. The molecule has 2 saturated heterocycles. The molecule has 2 N–H and O–H groups in total. The lowest BCUT2D eigenvalue weighted by Crippen LogP contribution is -2.41. The van der Waals surface area contributed by atoms with Crippen LogP contribution >= 0.6 is 0 Å². The summed E-state index contributed by atoms with van der Waals surface area (Å²) in [6.07, 6.45) is 10.9. The minimum atomic E-state index is -0.0264. The monoisotopic (exact) mass is 489 g/mol. The topological polar surface area (TPSA) is 84.2 Å². The van der Waals surface area contributed by atoms with Crippen LogP contribution in [0.15, 0.2) is 49.1 Å². The second-order valence-electron chi connectivity index (χ2n) is 11.1. The van der Waals surface area contributed by atoms with Gasteiger partial charge in [-0.05, 0) is 67.9 Å². The molecule has 8 nitrogen and oxygen atoms in total. The van der Waals surface area contributed by atoms with E-state index in [-0.39, 0.29) is 5.91 Å². The molecule has 1 amide bonds. The van der Waals surface area contributed by atoms with E-state index in [9.17, 15) is 4.79 Å². The van der Waals surface area contributed by atoms with Crippen molar-refractivity contribution in [2.75, 3.05) is 32.7 Å². The Bertz CT molecular complexity index is 1050. The van der Waals surface area contributed by atoms with Crippen molar-refractivity contribution in [3.05, 3.63) is 71.8 Å². The Hall–Kier alpha value is -2.97. The third kappa shape index (κ3) is 6.05. The lowest BCUT2D eigenvalue weighted by Gasteiger charge is -2.39. The third-order valence-electron chi connectivity index (χ3n) is 7.74. The van der Waals surface area contributed by atoms with Crippen molar-refractivity contribution in [3.63, 3.8) is 0 Å². The van der Waals surface area contributed by atoms with E-state index in [4.69, 9.17) is 0 Å². The second kappa shape index (κ2) is 11.0. The fourth-order valence-electron chi connectivity index (χ4n) is 5.82. The Morgan fingerprint density at radius 2 is 1.53 bits per heavy atom. The van der Waals surface area contributed by atoms with E-state index in [0.29, 0.717) is 24.1 Å². The van der Waals surface area contributed by atoms with Gasteiger partial charge < -0.3 is 19.8 Å². The van der Waals surface area contributed by atoms with Crippen LogP contribution in [0.4, 0.5) is 0 Å². The summed E-state index contributed by atoms with van der Waals surface area (Å²) >= 11 is 0. The molecule has 2 fully saturated rings. The molecule has 2 aromatic heterocycles. The number of rotatable bonds is 9. The zero-order valence-corrected chi connectivity index (χ0v) is 21.6. The van der Waals surface area contributed by atoms with E-state index in [1.165, 1.54) is 44.5 Å². The van der Waals surface area contributed by atoms with E-state index < -0.39 is 0 Å². The predicted molar refractivity (Wildman–Crippen MR) is 140 cm³/mol. The predicted octanol–water partition coefficient (Wildman–Crippen LogP) is 3.92. The first-order chi connectivity index (χ1) is 17.5. The highest BCUT2D eigenvalue weighted by Crippen LogP contribution is 2.40. The Labute approximate surface area is 214 Å². The zero-order chi connectivity index (χ0) is 25.0. The van der Waals surface area contributed by atoms with Crippen molar-refractivity contribution >= 4 is 5.91 Å². The first-order valence-corrected chi connectivity index (χ1v) is 13.3. The Morgan fingerprint density at radius 3 is 2.06 bits per heavy atom. The van der Waals surface area contributed by atoms with Gasteiger partial charge in [-0.2, -0.15) is 0 Å². The van der Waals surface area contributed by atoms with Gasteiger partial charge in [0.25, 0.3) is 5.91 Å². The van der Waals surface area contributed by atoms with Gasteiger partial charge >= 0.3 is 0 Å². The minimum Gasteiger partial charge on any atom is -0.347 e. The number of hydrogen-bond donors (Lipinski definition) is 2. The van der Waals surface area contributed by atoms with Gasteiger partial charge in [-0.25, -0.2) is 9.97 Å². The highest BCUT2D eigenvalue weighted by Gasteiger charge is 2.40. The molecule has 0 unspecified atom stereocenters. The summed E-state index contributed by atoms with van der Waals surface area (Å²) in [6, 6.07) is 8.13. The molecule has 0 atom stereocenters. The van der Waals surface area contributed by atoms with Gasteiger partial charge in [-0.1, -0.05) is 26.0 Å². The van der Waals surface area contributed by atoms with Crippen molar-refractivity contribution < 1.29 is 4.79 Å². The summed E-state index contributed by atoms with van der Waals surface area (Å²) in [5.41, 5.74) is 2.48. The second-order valence-corrected chi connectivity index (χ2v) is 11.1. The number of likely N-dealkylation sites (tertiary alicyclic amines) is 2. The average Bonchev–Trinajstić information content (AvgIpc) is 3.64. The SMILES string of the molecule is CC(C)CN1CCC2(CCN(Cc3ccc(C(=O)N(Cc4ncc[nH]4)Cc4ncc[nH]4)cc3)CC2)C1. The Kier molecular flexibility index (Phi) is 7.53. The third-order valence-corrected chi connectivity index (χ3v) is 7.74. The summed E-state index contributed by atoms with van der Waals surface area (Å²) in [7, 11) is 0. The number of piperidine rings is 1. The summed E-state index contributed by atoms with van der Waals surface area (Å²) in [4.78, 5) is 35.2. The molecule has 1 spiro atoms. The number of carbonyl (C=O) groups excluding carboxylic acids is 1. The molecule has 3 aromatic rings. The number of benzene rings is 1. The van der Waals surface area contributed by atoms with Gasteiger partial charge in [0.05, 0.1) is 13.1 Å². The van der Waals surface area contributed by atoms with Gasteiger partial charge in [-0.3, -0.25) is 9.69 Å². The van der Waals surface area contributed by atoms with Crippen molar-refractivity contribution in [2.45, 2.75) is 52.7 Å². The van der Waals surface area contributed by atoms with Gasteiger partial charge in [-0.15, -0.1) is 0 Å². The smallest absolute Gasteiger partial charge is 0.254 e. The largest absolute Gasteiger partial charge is 0.347 e. The van der Waals surface area contributed by atoms with E-state index in [0.717, 1.165) is 37.2 Å². The Morgan fingerprint density at radius 1 is 0.944 bits per heavy atom. The molecule has 0 aliphatic carbocycles. The number of nitrogens with zero attached hydrogens (tertiary/aromatic N) is 5. The molecule has 36 heavy (non-hydrogen) atoms. The molecule has 0 saturated carbocycles. The van der Waals surface area contributed by atoms with Crippen LogP contribution in [-0.2, 0) is 19.6 Å². The lowest BCUT2D eigenvalue weighted by molar-refractivity contribution is 0.0721. The summed E-state index contributed by atoms with van der Waals surface area (Å²) in [6.45, 7) is 12.5. The maximum Gasteiger partial charge on any atom is 0.254 e. The molecule has 192 valence electrons. The molecule has 0 bridgehead atoms. The number of hydrogen-bond acceptors (Lipinski definition) is 5. The molecule has 8 heteroatoms. The zero-order valence-electron chi connectivity index (χ0n) is 21.6. The standard InChI is InChI=1S/C28H39N7O/c1-22(2)17-34-16-9-28(21-34)7-14-33(15-8-28)18-23-3-5-24(6-4-23)27(36)35(19-25-29-10-11-30-25)20-26-31-12-13-32-26/h3-6,10-13,22H,7-9,14-21H2,1-2H3,(H,29,30)(H,31,32). The molecule has 2 aliphatic heterocycles. The lowest BCUT2D eigenvalue weighted by atomic mass is 9.77. The molecule has 0 radical (unpaired) electrons. The van der Waals surface area contributed by atoms with Crippen LogP contribution in [0.2, 0.25) is 0 Å². The number of H-pyrrole nitrogens is 2. The number of nitrogens with one attached hydrogen (secondary N) is 2. The number of aromatic amines is 2. The van der Waals surface area contributed by atoms with E-state index >= 15 is 0 Å². The van der Waals surface area contributed by atoms with Crippen LogP contribution in [0.1, 0.15) is 60.7 Å². The van der Waals surface area contributed by atoms with Crippen LogP contribution in [0.3, 0.4) is 0 Å². The van der Waals surface area contributed by atoms with Gasteiger partial charge in [0.1, 0.15) is 11.6 Å². The number of aromatic nitrogens is 4. The van der Waals surface area contributed by atoms with Crippen LogP contribution in [0.25, 0.3) is 0 Å². The van der Waals surface area contributed by atoms with Crippen LogP contribution < -0.4 is 0 Å². The van der Waals surface area contributed by atoms with Gasteiger partial charge in [0.2, 0.25) is 0 Å². The Balaban J connectivity index is 1.16. The number of carbonyl (C=O) groups is 1. The van der Waals surface area contributed by atoms with Crippen LogP contribution in [0.5, 0.6) is 0 Å². The molecular weight excluding hydrogens is 450 g/mol. The fourth-order valence-corrected chi connectivity index (χ4v) is 5.82. The molecule has 5 rings (SSSR count). The van der Waals surface area contributed by atoms with E-state index in [2.05, 4.69) is 55.7 Å². The summed E-state index contributed by atoms with van der Waals surface area (Å²) in [5.74, 6) is 2.23. The normalized spacial score (nSPS) is 18.3. The molecule has 1 aromatic carbocycles. The molecular formula is C28H39N7O. The maximum atomic E-state index is 13.4. The van der Waals surface area contributed by atoms with Crippen molar-refractivity contribution in [3.8, 4) is 0 Å². The van der Waals surface area contributed by atoms with Crippen molar-refractivity contribution in [1.29, 1.82) is 0 Å². The maximum absolute atomic E-state index is 13.4. The van der Waals surface area contributed by atoms with E-state index in [1.807, 2.05) is 12.1 Å². The number of amides is 1. The highest BCUT2D eigenvalue weighted by atomic mass is 16.2. The fraction of sp³-hybridized carbons (Fsp3) is 0.536. The first-order valence-electron chi connectivity index (χ1n) is 13.3. The highest BCUT2D eigenvalue weighted by molar-refractivity contribution is 5.94. The van der Waals surface area contributed by atoms with Crippen LogP contribution in [0, 0.1) is 11.3 Å².